The van der Waals surface area contributed by atoms with Gasteiger partial charge in [0.25, 0.3) is 0 Å². The zero-order valence-electron chi connectivity index (χ0n) is 12.7. The van der Waals surface area contributed by atoms with Crippen LogP contribution in [0.4, 0.5) is 0 Å². The molecule has 0 aliphatic heterocycles. The van der Waals surface area contributed by atoms with Crippen LogP contribution in [0.5, 0.6) is 0 Å². The van der Waals surface area contributed by atoms with Crippen molar-refractivity contribution in [3.8, 4) is 0 Å². The lowest BCUT2D eigenvalue weighted by Gasteiger charge is -2.08. The van der Waals surface area contributed by atoms with Gasteiger partial charge < -0.3 is 14.6 Å². The summed E-state index contributed by atoms with van der Waals surface area (Å²) in [6.07, 6.45) is 3.86. The molecule has 1 aromatic heterocycles. The van der Waals surface area contributed by atoms with Crippen molar-refractivity contribution in [2.24, 2.45) is 0 Å². The molecule has 19 heavy (non-hydrogen) atoms. The third kappa shape index (κ3) is 3.50. The van der Waals surface area contributed by atoms with Gasteiger partial charge in [-0.2, -0.15) is 0 Å². The predicted molar refractivity (Wildman–Crippen MR) is 79.7 cm³/mol. The molecule has 1 heterocycles. The number of nitrogens with zero attached hydrogens (tertiary/aromatic N) is 2. The molecule has 0 amide bonds. The minimum Gasteiger partial charge on any atom is -0.499 e. The van der Waals surface area contributed by atoms with Crippen LogP contribution in [-0.2, 0) is 4.74 Å². The second kappa shape index (κ2) is 6.27. The summed E-state index contributed by atoms with van der Waals surface area (Å²) in [6.45, 7) is 9.77. The fourth-order valence-corrected chi connectivity index (χ4v) is 1.84. The number of H-pyrrole nitrogens is 1. The molecule has 0 spiro atoms. The van der Waals surface area contributed by atoms with E-state index < -0.39 is 0 Å². The molecule has 0 saturated carbocycles. The molecule has 104 valence electrons. The SMILES string of the molecule is C=CC(=C\N(C)C)/C(C)=c1\nc(C)[nH]\c1=C(\C)OC. The molecular weight excluding hydrogens is 238 g/mol. The van der Waals surface area contributed by atoms with E-state index in [9.17, 15) is 0 Å². The highest BCUT2D eigenvalue weighted by atomic mass is 16.5. The van der Waals surface area contributed by atoms with Gasteiger partial charge in [-0.1, -0.05) is 12.7 Å². The minimum atomic E-state index is 0.822. The Hall–Kier alpha value is -1.97. The molecule has 0 atom stereocenters. The van der Waals surface area contributed by atoms with Gasteiger partial charge in [0.15, 0.2) is 0 Å². The third-order valence-electron chi connectivity index (χ3n) is 2.89. The average Bonchev–Trinajstić information content (AvgIpc) is 2.76. The Labute approximate surface area is 114 Å². The van der Waals surface area contributed by atoms with Crippen LogP contribution in [0, 0.1) is 6.92 Å². The van der Waals surface area contributed by atoms with E-state index >= 15 is 0 Å². The van der Waals surface area contributed by atoms with Crippen LogP contribution < -0.4 is 10.7 Å². The van der Waals surface area contributed by atoms with Crippen LogP contribution in [-0.4, -0.2) is 36.1 Å². The zero-order valence-corrected chi connectivity index (χ0v) is 12.7. The van der Waals surface area contributed by atoms with E-state index in [1.165, 1.54) is 0 Å². The quantitative estimate of drug-likeness (QED) is 0.831. The number of hydrogen-bond acceptors (Lipinski definition) is 3. The molecular formula is C15H23N3O. The lowest BCUT2D eigenvalue weighted by atomic mass is 10.1. The van der Waals surface area contributed by atoms with Gasteiger partial charge in [0.05, 0.1) is 12.5 Å². The fraction of sp³-hybridized carbons (Fsp3) is 0.400. The number of ether oxygens (including phenoxy) is 1. The highest BCUT2D eigenvalue weighted by molar-refractivity contribution is 5.65. The lowest BCUT2D eigenvalue weighted by molar-refractivity contribution is 0.359. The molecule has 4 heteroatoms. The highest BCUT2D eigenvalue weighted by Crippen LogP contribution is 2.09. The topological polar surface area (TPSA) is 41.2 Å². The Morgan fingerprint density at radius 1 is 1.37 bits per heavy atom. The van der Waals surface area contributed by atoms with Crippen LogP contribution in [0.2, 0.25) is 0 Å². The Bertz CT molecular complexity index is 606. The first-order valence-corrected chi connectivity index (χ1v) is 6.20. The van der Waals surface area contributed by atoms with Crippen molar-refractivity contribution in [1.82, 2.24) is 14.9 Å². The van der Waals surface area contributed by atoms with Gasteiger partial charge in [-0.25, -0.2) is 4.98 Å². The number of nitrogens with one attached hydrogen (secondary N) is 1. The Kier molecular flexibility index (Phi) is 4.98. The molecule has 1 N–H and O–H groups in total. The molecule has 0 saturated heterocycles. The molecule has 0 fully saturated rings. The molecule has 0 unspecified atom stereocenters. The molecule has 0 aromatic carbocycles. The molecule has 0 aliphatic rings. The van der Waals surface area contributed by atoms with Gasteiger partial charge >= 0.3 is 0 Å². The van der Waals surface area contributed by atoms with Crippen molar-refractivity contribution in [3.05, 3.63) is 41.0 Å². The van der Waals surface area contributed by atoms with Crippen molar-refractivity contribution in [3.63, 3.8) is 0 Å². The van der Waals surface area contributed by atoms with Gasteiger partial charge in [0, 0.05) is 20.3 Å². The normalized spacial score (nSPS) is 14.9. The summed E-state index contributed by atoms with van der Waals surface area (Å²) >= 11 is 0. The third-order valence-corrected chi connectivity index (χ3v) is 2.89. The van der Waals surface area contributed by atoms with E-state index in [1.54, 1.807) is 7.11 Å². The number of aryl methyl sites for hydroxylation is 1. The van der Waals surface area contributed by atoms with Crippen molar-refractivity contribution in [2.45, 2.75) is 20.8 Å². The van der Waals surface area contributed by atoms with E-state index in [1.807, 2.05) is 52.0 Å². The number of methoxy groups -OCH3 is 1. The Morgan fingerprint density at radius 2 is 2.00 bits per heavy atom. The lowest BCUT2D eigenvalue weighted by Crippen LogP contribution is -2.29. The largest absolute Gasteiger partial charge is 0.499 e. The Morgan fingerprint density at radius 3 is 2.47 bits per heavy atom. The van der Waals surface area contributed by atoms with E-state index in [2.05, 4.69) is 16.5 Å². The summed E-state index contributed by atoms with van der Waals surface area (Å²) in [5, 5.41) is 1.83. The highest BCUT2D eigenvalue weighted by Gasteiger charge is 2.05. The van der Waals surface area contributed by atoms with Gasteiger partial charge in [0.2, 0.25) is 0 Å². The smallest absolute Gasteiger partial charge is 0.118 e. The summed E-state index contributed by atoms with van der Waals surface area (Å²) in [6, 6.07) is 0. The standard InChI is InChI=1S/C15H23N3O/c1-8-13(9-18(5)6)10(2)14-15(11(3)19-7)17-12(4)16-14/h8-9H,1H2,2-7H3,(H,16,17)/b13-9+,14-10-,15-11-. The number of hydrogen-bond donors (Lipinski definition) is 1. The van der Waals surface area contributed by atoms with Crippen molar-refractivity contribution in [2.75, 3.05) is 21.2 Å². The van der Waals surface area contributed by atoms with Crippen molar-refractivity contribution >= 4 is 11.3 Å². The van der Waals surface area contributed by atoms with Crippen molar-refractivity contribution < 1.29 is 4.74 Å². The van der Waals surface area contributed by atoms with E-state index in [-0.39, 0.29) is 0 Å². The van der Waals surface area contributed by atoms with Crippen LogP contribution in [0.3, 0.4) is 0 Å². The second-order valence-corrected chi connectivity index (χ2v) is 4.68. The van der Waals surface area contributed by atoms with Gasteiger partial charge in [-0.15, -0.1) is 0 Å². The monoisotopic (exact) mass is 261 g/mol. The number of aromatic nitrogens is 2. The molecule has 1 aromatic rings. The van der Waals surface area contributed by atoms with Crippen LogP contribution in [0.1, 0.15) is 19.7 Å². The number of allylic oxidation sites excluding steroid dienone is 2. The summed E-state index contributed by atoms with van der Waals surface area (Å²) in [4.78, 5) is 9.79. The molecule has 0 radical (unpaired) electrons. The Balaban J connectivity index is 3.68. The maximum absolute atomic E-state index is 5.31. The molecule has 1 rings (SSSR count). The second-order valence-electron chi connectivity index (χ2n) is 4.68. The number of imidazole rings is 1. The predicted octanol–water partition coefficient (Wildman–Crippen LogP) is 1.29. The van der Waals surface area contributed by atoms with Gasteiger partial charge in [-0.3, -0.25) is 0 Å². The summed E-state index contributed by atoms with van der Waals surface area (Å²) in [5.41, 5.74) is 2.11. The summed E-state index contributed by atoms with van der Waals surface area (Å²) in [5.74, 6) is 1.69. The minimum absolute atomic E-state index is 0.822. The van der Waals surface area contributed by atoms with E-state index in [0.29, 0.717) is 0 Å². The average molecular weight is 261 g/mol. The maximum atomic E-state index is 5.31. The van der Waals surface area contributed by atoms with Gasteiger partial charge in [0.1, 0.15) is 16.9 Å². The van der Waals surface area contributed by atoms with E-state index in [4.69, 9.17) is 4.74 Å². The first kappa shape index (κ1) is 15.1. The molecule has 0 bridgehead atoms. The van der Waals surface area contributed by atoms with Crippen LogP contribution in [0.25, 0.3) is 11.3 Å². The number of aromatic amines is 1. The number of rotatable bonds is 4. The maximum Gasteiger partial charge on any atom is 0.118 e. The molecule has 0 aliphatic carbocycles. The zero-order chi connectivity index (χ0) is 14.6. The molecule has 4 nitrogen and oxygen atoms in total. The van der Waals surface area contributed by atoms with Gasteiger partial charge in [-0.05, 0) is 31.9 Å². The first-order chi connectivity index (χ1) is 8.90. The van der Waals surface area contributed by atoms with Crippen LogP contribution in [0.15, 0.2) is 24.4 Å². The van der Waals surface area contributed by atoms with Crippen molar-refractivity contribution in [1.29, 1.82) is 0 Å². The van der Waals surface area contributed by atoms with Crippen LogP contribution >= 0.6 is 0 Å². The fourth-order valence-electron chi connectivity index (χ4n) is 1.84. The first-order valence-electron chi connectivity index (χ1n) is 6.20. The summed E-state index contributed by atoms with van der Waals surface area (Å²) in [7, 11) is 5.63. The summed E-state index contributed by atoms with van der Waals surface area (Å²) < 4.78 is 5.31. The van der Waals surface area contributed by atoms with E-state index in [0.717, 1.165) is 33.4 Å².